The van der Waals surface area contributed by atoms with Crippen LogP contribution in [0.4, 0.5) is 0 Å². The average molecular weight is 417 g/mol. The molecule has 0 bridgehead atoms. The van der Waals surface area contributed by atoms with Gasteiger partial charge in [0.1, 0.15) is 11.8 Å². The number of ether oxygens (including phenoxy) is 1. The molecule has 29 heavy (non-hydrogen) atoms. The lowest BCUT2D eigenvalue weighted by atomic mass is 10.1. The van der Waals surface area contributed by atoms with Crippen LogP contribution < -0.4 is 10.1 Å². The lowest BCUT2D eigenvalue weighted by molar-refractivity contribution is -0.142. The van der Waals surface area contributed by atoms with Crippen molar-refractivity contribution in [2.75, 3.05) is 6.61 Å². The van der Waals surface area contributed by atoms with Crippen LogP contribution >= 0.6 is 11.6 Å². The molecular weight excluding hydrogens is 388 g/mol. The molecule has 2 aromatic carbocycles. The van der Waals surface area contributed by atoms with Gasteiger partial charge in [-0.3, -0.25) is 9.59 Å². The molecule has 6 heteroatoms. The van der Waals surface area contributed by atoms with E-state index in [1.165, 1.54) is 4.90 Å². The van der Waals surface area contributed by atoms with Crippen LogP contribution in [0.5, 0.6) is 5.75 Å². The van der Waals surface area contributed by atoms with Gasteiger partial charge in [0.2, 0.25) is 5.91 Å². The number of rotatable bonds is 9. The zero-order chi connectivity index (χ0) is 21.4. The maximum Gasteiger partial charge on any atom is 0.261 e. The molecule has 1 N–H and O–H groups in total. The van der Waals surface area contributed by atoms with Crippen molar-refractivity contribution in [2.45, 2.75) is 52.7 Å². The predicted octanol–water partition coefficient (Wildman–Crippen LogP) is 4.36. The van der Waals surface area contributed by atoms with E-state index in [1.54, 1.807) is 19.1 Å². The number of nitrogens with one attached hydrogen (secondary N) is 1. The van der Waals surface area contributed by atoms with Crippen LogP contribution in [-0.4, -0.2) is 35.4 Å². The minimum Gasteiger partial charge on any atom is -0.484 e. The largest absolute Gasteiger partial charge is 0.484 e. The maximum atomic E-state index is 13.0. The summed E-state index contributed by atoms with van der Waals surface area (Å²) in [4.78, 5) is 27.1. The van der Waals surface area contributed by atoms with E-state index in [-0.39, 0.29) is 24.5 Å². The Morgan fingerprint density at radius 3 is 2.28 bits per heavy atom. The van der Waals surface area contributed by atoms with E-state index < -0.39 is 6.04 Å². The molecule has 2 atom stereocenters. The molecule has 0 saturated carbocycles. The summed E-state index contributed by atoms with van der Waals surface area (Å²) in [6, 6.07) is 14.1. The van der Waals surface area contributed by atoms with Gasteiger partial charge in [-0.15, -0.1) is 0 Å². The molecule has 156 valence electrons. The second kappa shape index (κ2) is 10.9. The Kier molecular flexibility index (Phi) is 8.52. The first-order valence-electron chi connectivity index (χ1n) is 9.84. The highest BCUT2D eigenvalue weighted by molar-refractivity contribution is 6.30. The molecule has 0 aliphatic heterocycles. The Morgan fingerprint density at radius 2 is 1.69 bits per heavy atom. The summed E-state index contributed by atoms with van der Waals surface area (Å²) in [5.74, 6) is 0.177. The van der Waals surface area contributed by atoms with Gasteiger partial charge in [0, 0.05) is 17.6 Å². The highest BCUT2D eigenvalue weighted by Crippen LogP contribution is 2.15. The topological polar surface area (TPSA) is 58.6 Å². The summed E-state index contributed by atoms with van der Waals surface area (Å²) >= 11 is 5.96. The third kappa shape index (κ3) is 7.09. The van der Waals surface area contributed by atoms with Crippen molar-refractivity contribution in [1.82, 2.24) is 10.2 Å². The van der Waals surface area contributed by atoms with E-state index in [4.69, 9.17) is 16.3 Å². The van der Waals surface area contributed by atoms with Crippen LogP contribution in [0, 0.1) is 6.92 Å². The average Bonchev–Trinajstić information content (AvgIpc) is 2.72. The van der Waals surface area contributed by atoms with Crippen molar-refractivity contribution >= 4 is 23.4 Å². The SMILES string of the molecule is CC[C@@H](C)NC(=O)[C@@H](C)N(Cc1ccc(Cl)cc1)C(=O)COc1ccc(C)cc1. The molecule has 0 aliphatic rings. The van der Waals surface area contributed by atoms with E-state index in [9.17, 15) is 9.59 Å². The fourth-order valence-corrected chi connectivity index (χ4v) is 2.82. The number of hydrogen-bond donors (Lipinski definition) is 1. The third-order valence-electron chi connectivity index (χ3n) is 4.82. The van der Waals surface area contributed by atoms with E-state index in [0.717, 1.165) is 17.5 Å². The number of halogens is 1. The van der Waals surface area contributed by atoms with Crippen LogP contribution in [-0.2, 0) is 16.1 Å². The molecule has 2 aromatic rings. The van der Waals surface area contributed by atoms with Crippen molar-refractivity contribution in [3.63, 3.8) is 0 Å². The van der Waals surface area contributed by atoms with Gasteiger partial charge in [-0.1, -0.05) is 48.4 Å². The van der Waals surface area contributed by atoms with E-state index in [2.05, 4.69) is 5.32 Å². The Bertz CT molecular complexity index is 806. The highest BCUT2D eigenvalue weighted by Gasteiger charge is 2.27. The van der Waals surface area contributed by atoms with Gasteiger partial charge in [-0.25, -0.2) is 0 Å². The van der Waals surface area contributed by atoms with Gasteiger partial charge in [0.05, 0.1) is 0 Å². The zero-order valence-corrected chi connectivity index (χ0v) is 18.2. The van der Waals surface area contributed by atoms with Crippen molar-refractivity contribution < 1.29 is 14.3 Å². The quantitative estimate of drug-likeness (QED) is 0.660. The lowest BCUT2D eigenvalue weighted by Crippen LogP contribution is -2.50. The molecule has 0 spiro atoms. The normalized spacial score (nSPS) is 12.7. The Balaban J connectivity index is 2.13. The third-order valence-corrected chi connectivity index (χ3v) is 5.07. The number of carbonyl (C=O) groups excluding carboxylic acids is 2. The van der Waals surface area contributed by atoms with Gasteiger partial charge in [0.15, 0.2) is 6.61 Å². The predicted molar refractivity (Wildman–Crippen MR) is 116 cm³/mol. The Morgan fingerprint density at radius 1 is 1.07 bits per heavy atom. The molecule has 0 radical (unpaired) electrons. The first-order chi connectivity index (χ1) is 13.8. The summed E-state index contributed by atoms with van der Waals surface area (Å²) in [5.41, 5.74) is 2.00. The Hall–Kier alpha value is -2.53. The zero-order valence-electron chi connectivity index (χ0n) is 17.4. The number of carbonyl (C=O) groups is 2. The van der Waals surface area contributed by atoms with Crippen molar-refractivity contribution in [2.24, 2.45) is 0 Å². The first-order valence-corrected chi connectivity index (χ1v) is 10.2. The number of amides is 2. The molecular formula is C23H29ClN2O3. The number of nitrogens with zero attached hydrogens (tertiary/aromatic N) is 1. The maximum absolute atomic E-state index is 13.0. The van der Waals surface area contributed by atoms with Gasteiger partial charge >= 0.3 is 0 Å². The number of benzene rings is 2. The first kappa shape index (κ1) is 22.8. The van der Waals surface area contributed by atoms with Crippen LogP contribution in [0.1, 0.15) is 38.3 Å². The molecule has 0 unspecified atom stereocenters. The molecule has 0 fully saturated rings. The smallest absolute Gasteiger partial charge is 0.261 e. The summed E-state index contributed by atoms with van der Waals surface area (Å²) in [5, 5.41) is 3.57. The molecule has 0 heterocycles. The second-order valence-corrected chi connectivity index (χ2v) is 7.68. The summed E-state index contributed by atoms with van der Waals surface area (Å²) in [6.07, 6.45) is 0.820. The molecule has 0 aromatic heterocycles. The van der Waals surface area contributed by atoms with Crippen molar-refractivity contribution in [3.05, 3.63) is 64.7 Å². The Labute approximate surface area is 178 Å². The molecule has 0 aliphatic carbocycles. The van der Waals surface area contributed by atoms with Gasteiger partial charge < -0.3 is 15.0 Å². The molecule has 2 rings (SSSR count). The summed E-state index contributed by atoms with van der Waals surface area (Å²) < 4.78 is 5.65. The standard InChI is InChI=1S/C23H29ClN2O3/c1-5-17(3)25-23(28)18(4)26(14-19-8-10-20(24)11-9-19)22(27)15-29-21-12-6-16(2)7-13-21/h6-13,17-18H,5,14-15H2,1-4H3,(H,25,28)/t17-,18-/m1/s1. The van der Waals surface area contributed by atoms with Crippen LogP contribution in [0.3, 0.4) is 0 Å². The van der Waals surface area contributed by atoms with Crippen molar-refractivity contribution in [3.8, 4) is 5.75 Å². The summed E-state index contributed by atoms with van der Waals surface area (Å²) in [6.45, 7) is 7.82. The second-order valence-electron chi connectivity index (χ2n) is 7.24. The minimum absolute atomic E-state index is 0.0428. The lowest BCUT2D eigenvalue weighted by Gasteiger charge is -2.29. The molecule has 0 saturated heterocycles. The van der Waals surface area contributed by atoms with Gasteiger partial charge in [-0.05, 0) is 57.0 Å². The minimum atomic E-state index is -0.631. The monoisotopic (exact) mass is 416 g/mol. The fourth-order valence-electron chi connectivity index (χ4n) is 2.70. The van der Waals surface area contributed by atoms with Crippen LogP contribution in [0.15, 0.2) is 48.5 Å². The van der Waals surface area contributed by atoms with E-state index in [1.807, 2.05) is 57.2 Å². The number of aryl methyl sites for hydroxylation is 1. The summed E-state index contributed by atoms with van der Waals surface area (Å²) in [7, 11) is 0. The fraction of sp³-hybridized carbons (Fsp3) is 0.391. The van der Waals surface area contributed by atoms with Crippen molar-refractivity contribution in [1.29, 1.82) is 0 Å². The molecule has 5 nitrogen and oxygen atoms in total. The van der Waals surface area contributed by atoms with Gasteiger partial charge in [0.25, 0.3) is 5.91 Å². The highest BCUT2D eigenvalue weighted by atomic mass is 35.5. The molecule has 2 amide bonds. The van der Waals surface area contributed by atoms with E-state index in [0.29, 0.717) is 17.3 Å². The van der Waals surface area contributed by atoms with Crippen LogP contribution in [0.2, 0.25) is 5.02 Å². The van der Waals surface area contributed by atoms with Crippen LogP contribution in [0.25, 0.3) is 0 Å². The number of hydrogen-bond acceptors (Lipinski definition) is 3. The van der Waals surface area contributed by atoms with E-state index >= 15 is 0 Å². The van der Waals surface area contributed by atoms with Gasteiger partial charge in [-0.2, -0.15) is 0 Å².